The summed E-state index contributed by atoms with van der Waals surface area (Å²) in [4.78, 5) is 0. The highest BCUT2D eigenvalue weighted by Crippen LogP contribution is 2.28. The molecule has 0 aromatic rings. The molecule has 2 aliphatic rings. The number of nitrogens with one attached hydrogen (secondary N) is 1. The molecule has 1 N–H and O–H groups in total. The van der Waals surface area contributed by atoms with Gasteiger partial charge in [0, 0.05) is 6.61 Å². The van der Waals surface area contributed by atoms with Crippen molar-refractivity contribution in [3.63, 3.8) is 0 Å². The number of hydrogen-bond donors (Lipinski definition) is 1. The quantitative estimate of drug-likeness (QED) is 0.486. The van der Waals surface area contributed by atoms with Crippen molar-refractivity contribution >= 4 is 9.52 Å². The zero-order valence-corrected chi connectivity index (χ0v) is 6.44. The molecule has 2 saturated heterocycles. The first-order valence-corrected chi connectivity index (χ1v) is 4.92. The van der Waals surface area contributed by atoms with Gasteiger partial charge in [0.2, 0.25) is 0 Å². The molecule has 2 nitrogen and oxygen atoms in total. The normalized spacial score (nSPS) is 42.7. The Kier molecular flexibility index (Phi) is 1.36. The van der Waals surface area contributed by atoms with Crippen molar-refractivity contribution in [2.45, 2.75) is 24.6 Å². The Hall–Kier alpha value is 0.137. The van der Waals surface area contributed by atoms with Gasteiger partial charge in [-0.05, 0) is 25.1 Å². The van der Waals surface area contributed by atoms with Gasteiger partial charge in [-0.2, -0.15) is 0 Å². The van der Waals surface area contributed by atoms with Crippen molar-refractivity contribution in [3.8, 4) is 0 Å². The monoisotopic (exact) mass is 141 g/mol. The lowest BCUT2D eigenvalue weighted by atomic mass is 10.2. The molecule has 2 radical (unpaired) electrons. The molecule has 1 atom stereocenters. The summed E-state index contributed by atoms with van der Waals surface area (Å²) in [6.45, 7) is 0.970. The maximum Gasteiger partial charge on any atom is 0.116 e. The molecule has 9 heavy (non-hydrogen) atoms. The lowest BCUT2D eigenvalue weighted by Gasteiger charge is -2.21. The molecule has 2 heterocycles. The van der Waals surface area contributed by atoms with Gasteiger partial charge in [-0.25, -0.2) is 0 Å². The summed E-state index contributed by atoms with van der Waals surface area (Å²) in [5.41, 5.74) is 0.151. The van der Waals surface area contributed by atoms with Gasteiger partial charge in [0.25, 0.3) is 0 Å². The average molecular weight is 141 g/mol. The van der Waals surface area contributed by atoms with E-state index < -0.39 is 0 Å². The fourth-order valence-corrected chi connectivity index (χ4v) is 2.91. The summed E-state index contributed by atoms with van der Waals surface area (Å²) in [5, 5.41) is 3.42. The van der Waals surface area contributed by atoms with E-state index in [2.05, 4.69) is 5.32 Å². The fourth-order valence-electron chi connectivity index (χ4n) is 1.53. The fraction of sp³-hybridized carbons (Fsp3) is 1.00. The zero-order valence-electron chi connectivity index (χ0n) is 5.44. The second kappa shape index (κ2) is 2.07. The lowest BCUT2D eigenvalue weighted by Crippen LogP contribution is -2.37. The largest absolute Gasteiger partial charge is 0.361 e. The smallest absolute Gasteiger partial charge is 0.116 e. The minimum Gasteiger partial charge on any atom is -0.361 e. The lowest BCUT2D eigenvalue weighted by molar-refractivity contribution is 0.00346. The van der Waals surface area contributed by atoms with Gasteiger partial charge in [-0.1, -0.05) is 0 Å². The van der Waals surface area contributed by atoms with E-state index in [0.717, 1.165) is 16.1 Å². The Balaban J connectivity index is 2.04. The van der Waals surface area contributed by atoms with Crippen molar-refractivity contribution in [1.29, 1.82) is 0 Å². The van der Waals surface area contributed by atoms with Crippen LogP contribution in [0.3, 0.4) is 0 Å². The summed E-state index contributed by atoms with van der Waals surface area (Å²) in [6.07, 6.45) is 3.66. The molecular weight excluding hydrogens is 130 g/mol. The van der Waals surface area contributed by atoms with Crippen LogP contribution in [0.15, 0.2) is 0 Å². The first-order valence-electron chi connectivity index (χ1n) is 3.51. The number of hydrogen-bond acceptors (Lipinski definition) is 2. The Morgan fingerprint density at radius 1 is 1.56 bits per heavy atom. The molecule has 2 fully saturated rings. The SMILES string of the molecule is C1COC2(C1)C[Si]CN2. The van der Waals surface area contributed by atoms with Crippen LogP contribution in [0.1, 0.15) is 12.8 Å². The minimum atomic E-state index is 0.151. The van der Waals surface area contributed by atoms with Crippen molar-refractivity contribution in [2.24, 2.45) is 0 Å². The van der Waals surface area contributed by atoms with Crippen LogP contribution in [0.25, 0.3) is 0 Å². The summed E-state index contributed by atoms with van der Waals surface area (Å²) < 4.78 is 5.60. The van der Waals surface area contributed by atoms with Gasteiger partial charge < -0.3 is 4.74 Å². The van der Waals surface area contributed by atoms with Crippen molar-refractivity contribution in [1.82, 2.24) is 5.32 Å². The van der Waals surface area contributed by atoms with Crippen LogP contribution in [-0.4, -0.2) is 28.0 Å². The maximum atomic E-state index is 5.60. The molecule has 50 valence electrons. The predicted octanol–water partition coefficient (Wildman–Crippen LogP) is 0.176. The van der Waals surface area contributed by atoms with E-state index in [1.54, 1.807) is 0 Å². The molecule has 0 aromatic heterocycles. The van der Waals surface area contributed by atoms with Gasteiger partial charge in [0.05, 0.1) is 9.52 Å². The molecule has 0 saturated carbocycles. The summed E-state index contributed by atoms with van der Waals surface area (Å²) in [6, 6.07) is 1.26. The van der Waals surface area contributed by atoms with Gasteiger partial charge >= 0.3 is 0 Å². The predicted molar refractivity (Wildman–Crippen MR) is 36.5 cm³/mol. The van der Waals surface area contributed by atoms with Crippen LogP contribution >= 0.6 is 0 Å². The first kappa shape index (κ1) is 5.89. The van der Waals surface area contributed by atoms with Crippen LogP contribution in [0.2, 0.25) is 6.04 Å². The third kappa shape index (κ3) is 0.932. The van der Waals surface area contributed by atoms with E-state index >= 15 is 0 Å². The second-order valence-corrected chi connectivity index (χ2v) is 3.93. The molecular formula is C6H11NOSi. The second-order valence-electron chi connectivity index (χ2n) is 2.73. The molecule has 1 unspecified atom stereocenters. The summed E-state index contributed by atoms with van der Waals surface area (Å²) in [5.74, 6) is 0. The Labute approximate surface area is 57.8 Å². The highest BCUT2D eigenvalue weighted by atomic mass is 28.2. The van der Waals surface area contributed by atoms with E-state index in [9.17, 15) is 0 Å². The van der Waals surface area contributed by atoms with Crippen LogP contribution in [0, 0.1) is 0 Å². The Bertz CT molecular complexity index is 88.1. The van der Waals surface area contributed by atoms with Crippen molar-refractivity contribution in [3.05, 3.63) is 0 Å². The minimum absolute atomic E-state index is 0.151. The van der Waals surface area contributed by atoms with Gasteiger partial charge in [-0.15, -0.1) is 0 Å². The summed E-state index contributed by atoms with van der Waals surface area (Å²) in [7, 11) is 1.08. The topological polar surface area (TPSA) is 21.3 Å². The van der Waals surface area contributed by atoms with E-state index in [1.165, 1.54) is 25.1 Å². The average Bonchev–Trinajstić information content (AvgIpc) is 2.45. The number of ether oxygens (including phenoxy) is 1. The zero-order chi connectivity index (χ0) is 6.16. The summed E-state index contributed by atoms with van der Waals surface area (Å²) >= 11 is 0. The van der Waals surface area contributed by atoms with Gasteiger partial charge in [0.15, 0.2) is 0 Å². The molecule has 0 amide bonds. The first-order chi connectivity index (χ1) is 4.41. The van der Waals surface area contributed by atoms with Crippen LogP contribution in [0.4, 0.5) is 0 Å². The third-order valence-electron chi connectivity index (χ3n) is 2.05. The Morgan fingerprint density at radius 3 is 3.11 bits per heavy atom. The standard InChI is InChI=1S/C6H11NOSi/c1-2-6(8-3-1)4-9-5-7-6/h7H,1-5H2. The molecule has 0 bridgehead atoms. The number of rotatable bonds is 0. The molecule has 3 heteroatoms. The van der Waals surface area contributed by atoms with Crippen molar-refractivity contribution in [2.75, 3.05) is 12.8 Å². The highest BCUT2D eigenvalue weighted by molar-refractivity contribution is 6.37. The molecule has 0 aliphatic carbocycles. The molecule has 1 spiro atoms. The van der Waals surface area contributed by atoms with Crippen LogP contribution in [0.5, 0.6) is 0 Å². The van der Waals surface area contributed by atoms with E-state index in [4.69, 9.17) is 4.74 Å². The molecule has 2 aliphatic heterocycles. The Morgan fingerprint density at radius 2 is 2.56 bits per heavy atom. The molecule has 0 aromatic carbocycles. The maximum absolute atomic E-state index is 5.60. The molecule has 2 rings (SSSR count). The highest BCUT2D eigenvalue weighted by Gasteiger charge is 2.37. The van der Waals surface area contributed by atoms with Crippen molar-refractivity contribution < 1.29 is 4.74 Å². The van der Waals surface area contributed by atoms with E-state index in [1.807, 2.05) is 0 Å². The third-order valence-corrected chi connectivity index (χ3v) is 3.30. The van der Waals surface area contributed by atoms with Crippen LogP contribution < -0.4 is 5.32 Å². The van der Waals surface area contributed by atoms with Gasteiger partial charge in [0.1, 0.15) is 5.72 Å². The van der Waals surface area contributed by atoms with Crippen LogP contribution in [-0.2, 0) is 4.74 Å². The van der Waals surface area contributed by atoms with Gasteiger partial charge in [-0.3, -0.25) is 5.32 Å². The van der Waals surface area contributed by atoms with E-state index in [0.29, 0.717) is 0 Å². The van der Waals surface area contributed by atoms with E-state index in [-0.39, 0.29) is 5.72 Å².